The maximum absolute atomic E-state index is 6.13. The summed E-state index contributed by atoms with van der Waals surface area (Å²) in [4.78, 5) is 4.54. The van der Waals surface area contributed by atoms with Gasteiger partial charge in [0.1, 0.15) is 9.98 Å². The molecule has 0 aliphatic rings. The Morgan fingerprint density at radius 2 is 2.17 bits per heavy atom. The molecule has 3 aromatic rings. The Labute approximate surface area is 118 Å². The van der Waals surface area contributed by atoms with Crippen molar-refractivity contribution in [2.45, 2.75) is 6.54 Å². The first-order chi connectivity index (χ1) is 8.67. The number of imidazole rings is 1. The number of aromatic nitrogens is 2. The second-order valence-corrected chi connectivity index (χ2v) is 6.15. The highest BCUT2D eigenvalue weighted by Gasteiger charge is 2.12. The third-order valence-electron chi connectivity index (χ3n) is 2.69. The van der Waals surface area contributed by atoms with Crippen molar-refractivity contribution in [2.24, 2.45) is 5.73 Å². The Morgan fingerprint density at radius 3 is 2.83 bits per heavy atom. The van der Waals surface area contributed by atoms with Crippen molar-refractivity contribution in [2.75, 3.05) is 0 Å². The molecule has 3 nitrogen and oxygen atoms in total. The number of nitrogens with zero attached hydrogens (tertiary/aromatic N) is 2. The van der Waals surface area contributed by atoms with Crippen molar-refractivity contribution in [3.05, 3.63) is 44.8 Å². The molecule has 0 atom stereocenters. The molecule has 0 aliphatic heterocycles. The SMILES string of the molecule is NCc1ccn2cc(-c3cc(Cl)sc3Cl)nc2c1. The van der Waals surface area contributed by atoms with E-state index in [1.54, 1.807) is 0 Å². The molecule has 2 N–H and O–H groups in total. The van der Waals surface area contributed by atoms with Crippen molar-refractivity contribution >= 4 is 40.2 Å². The van der Waals surface area contributed by atoms with Gasteiger partial charge in [-0.2, -0.15) is 0 Å². The second-order valence-electron chi connectivity index (χ2n) is 3.87. The number of fused-ring (bicyclic) bond motifs is 1. The van der Waals surface area contributed by atoms with Gasteiger partial charge in [-0.25, -0.2) is 4.98 Å². The van der Waals surface area contributed by atoms with Crippen molar-refractivity contribution in [1.29, 1.82) is 0 Å². The van der Waals surface area contributed by atoms with Crippen LogP contribution in [0.5, 0.6) is 0 Å². The minimum atomic E-state index is 0.504. The van der Waals surface area contributed by atoms with Gasteiger partial charge in [-0.05, 0) is 23.8 Å². The van der Waals surface area contributed by atoms with Crippen LogP contribution in [0.25, 0.3) is 16.9 Å². The minimum absolute atomic E-state index is 0.504. The van der Waals surface area contributed by atoms with Crippen molar-refractivity contribution in [3.8, 4) is 11.3 Å². The summed E-state index contributed by atoms with van der Waals surface area (Å²) in [6.07, 6.45) is 3.87. The quantitative estimate of drug-likeness (QED) is 0.781. The van der Waals surface area contributed by atoms with Crippen molar-refractivity contribution < 1.29 is 0 Å². The lowest BCUT2D eigenvalue weighted by molar-refractivity contribution is 1.05. The van der Waals surface area contributed by atoms with Crippen LogP contribution in [-0.2, 0) is 6.54 Å². The van der Waals surface area contributed by atoms with Gasteiger partial charge in [0, 0.05) is 24.5 Å². The highest BCUT2D eigenvalue weighted by atomic mass is 35.5. The Bertz CT molecular complexity index is 717. The average Bonchev–Trinajstić information content (AvgIpc) is 2.90. The predicted molar refractivity (Wildman–Crippen MR) is 76.4 cm³/mol. The van der Waals surface area contributed by atoms with Crippen LogP contribution >= 0.6 is 34.5 Å². The summed E-state index contributed by atoms with van der Waals surface area (Å²) in [5, 5.41) is 0. The molecule has 0 saturated heterocycles. The van der Waals surface area contributed by atoms with E-state index >= 15 is 0 Å². The van der Waals surface area contributed by atoms with Gasteiger partial charge in [-0.1, -0.05) is 23.2 Å². The van der Waals surface area contributed by atoms with Crippen LogP contribution in [0.15, 0.2) is 30.6 Å². The first-order valence-corrected chi connectivity index (χ1v) is 6.87. The van der Waals surface area contributed by atoms with Gasteiger partial charge in [0.2, 0.25) is 0 Å². The van der Waals surface area contributed by atoms with Gasteiger partial charge in [0.25, 0.3) is 0 Å². The molecule has 0 amide bonds. The van der Waals surface area contributed by atoms with E-state index in [9.17, 15) is 0 Å². The number of rotatable bonds is 2. The van der Waals surface area contributed by atoms with E-state index in [0.717, 1.165) is 22.5 Å². The van der Waals surface area contributed by atoms with Gasteiger partial charge in [-0.3, -0.25) is 0 Å². The van der Waals surface area contributed by atoms with Gasteiger partial charge in [0.05, 0.1) is 10.0 Å². The van der Waals surface area contributed by atoms with E-state index in [1.165, 1.54) is 11.3 Å². The summed E-state index contributed by atoms with van der Waals surface area (Å²) in [5.41, 5.74) is 9.20. The molecular formula is C12H9Cl2N3S. The van der Waals surface area contributed by atoms with Gasteiger partial charge in [-0.15, -0.1) is 11.3 Å². The second kappa shape index (κ2) is 4.55. The van der Waals surface area contributed by atoms with Crippen LogP contribution in [0.1, 0.15) is 5.56 Å². The topological polar surface area (TPSA) is 43.3 Å². The van der Waals surface area contributed by atoms with Crippen LogP contribution < -0.4 is 5.73 Å². The van der Waals surface area contributed by atoms with Crippen molar-refractivity contribution in [3.63, 3.8) is 0 Å². The van der Waals surface area contributed by atoms with Crippen LogP contribution in [0.2, 0.25) is 8.67 Å². The Morgan fingerprint density at radius 1 is 1.33 bits per heavy atom. The van der Waals surface area contributed by atoms with Crippen LogP contribution in [0.4, 0.5) is 0 Å². The lowest BCUT2D eigenvalue weighted by Gasteiger charge is -1.96. The Balaban J connectivity index is 2.16. The molecule has 0 unspecified atom stereocenters. The van der Waals surface area contributed by atoms with Crippen molar-refractivity contribution in [1.82, 2.24) is 9.38 Å². The number of halogens is 2. The van der Waals surface area contributed by atoms with E-state index in [0.29, 0.717) is 15.2 Å². The van der Waals surface area contributed by atoms with Gasteiger partial charge < -0.3 is 10.1 Å². The van der Waals surface area contributed by atoms with E-state index in [2.05, 4.69) is 4.98 Å². The van der Waals surface area contributed by atoms with Crippen LogP contribution in [0, 0.1) is 0 Å². The molecule has 0 spiro atoms. The summed E-state index contributed by atoms with van der Waals surface area (Å²) in [6, 6.07) is 5.77. The summed E-state index contributed by atoms with van der Waals surface area (Å²) in [5.74, 6) is 0. The summed E-state index contributed by atoms with van der Waals surface area (Å²) < 4.78 is 3.26. The average molecular weight is 298 g/mol. The zero-order valence-corrected chi connectivity index (χ0v) is 11.6. The van der Waals surface area contributed by atoms with Gasteiger partial charge in [0.15, 0.2) is 0 Å². The maximum atomic E-state index is 6.13. The lowest BCUT2D eigenvalue weighted by atomic mass is 10.3. The molecule has 0 fully saturated rings. The molecule has 0 saturated carbocycles. The fraction of sp³-hybridized carbons (Fsp3) is 0.0833. The normalized spacial score (nSPS) is 11.3. The smallest absolute Gasteiger partial charge is 0.137 e. The molecule has 18 heavy (non-hydrogen) atoms. The molecule has 0 bridgehead atoms. The summed E-state index contributed by atoms with van der Waals surface area (Å²) in [7, 11) is 0. The molecule has 6 heteroatoms. The van der Waals surface area contributed by atoms with Crippen LogP contribution in [-0.4, -0.2) is 9.38 Å². The largest absolute Gasteiger partial charge is 0.326 e. The van der Waals surface area contributed by atoms with E-state index < -0.39 is 0 Å². The predicted octanol–water partition coefficient (Wildman–Crippen LogP) is 3.83. The monoisotopic (exact) mass is 297 g/mol. The van der Waals surface area contributed by atoms with E-state index in [1.807, 2.05) is 35.0 Å². The third-order valence-corrected chi connectivity index (χ3v) is 4.18. The zero-order chi connectivity index (χ0) is 12.7. The number of thiophene rings is 1. The number of hydrogen-bond donors (Lipinski definition) is 1. The fourth-order valence-corrected chi connectivity index (χ4v) is 3.28. The summed E-state index contributed by atoms with van der Waals surface area (Å²) in [6.45, 7) is 0.504. The molecule has 3 heterocycles. The highest BCUT2D eigenvalue weighted by molar-refractivity contribution is 7.20. The molecular weight excluding hydrogens is 289 g/mol. The lowest BCUT2D eigenvalue weighted by Crippen LogP contribution is -1.96. The number of hydrogen-bond acceptors (Lipinski definition) is 3. The highest BCUT2D eigenvalue weighted by Crippen LogP contribution is 2.37. The number of pyridine rings is 1. The molecule has 3 aromatic heterocycles. The molecule has 0 radical (unpaired) electrons. The molecule has 0 aliphatic carbocycles. The Hall–Kier alpha value is -1.07. The summed E-state index contributed by atoms with van der Waals surface area (Å²) >= 11 is 13.4. The minimum Gasteiger partial charge on any atom is -0.326 e. The third kappa shape index (κ3) is 2.01. The first-order valence-electron chi connectivity index (χ1n) is 5.30. The number of nitrogens with two attached hydrogens (primary N) is 1. The maximum Gasteiger partial charge on any atom is 0.137 e. The van der Waals surface area contributed by atoms with Gasteiger partial charge >= 0.3 is 0 Å². The molecule has 0 aromatic carbocycles. The zero-order valence-electron chi connectivity index (χ0n) is 9.23. The fourth-order valence-electron chi connectivity index (χ4n) is 1.80. The van der Waals surface area contributed by atoms with E-state index in [4.69, 9.17) is 28.9 Å². The molecule has 92 valence electrons. The first kappa shape index (κ1) is 12.0. The standard InChI is InChI=1S/C12H9Cl2N3S/c13-10-4-8(12(14)18-10)9-6-17-2-1-7(5-15)3-11(17)16-9/h1-4,6H,5,15H2. The van der Waals surface area contributed by atoms with E-state index in [-0.39, 0.29) is 0 Å². The van der Waals surface area contributed by atoms with Crippen LogP contribution in [0.3, 0.4) is 0 Å². The Kier molecular flexibility index (Phi) is 3.03. The molecule has 3 rings (SSSR count).